The molecular weight excluding hydrogens is 264 g/mol. The molecule has 1 aromatic rings. The Hall–Kier alpha value is -1.55. The predicted molar refractivity (Wildman–Crippen MR) is 84.3 cm³/mol. The maximum atomic E-state index is 12.2. The quantitative estimate of drug-likeness (QED) is 0.875. The fourth-order valence-electron chi connectivity index (χ4n) is 2.80. The monoisotopic (exact) mass is 290 g/mol. The van der Waals surface area contributed by atoms with Gasteiger partial charge in [-0.2, -0.15) is 0 Å². The minimum absolute atomic E-state index is 0.0640. The van der Waals surface area contributed by atoms with Crippen LogP contribution in [0.2, 0.25) is 0 Å². The molecule has 21 heavy (non-hydrogen) atoms. The van der Waals surface area contributed by atoms with E-state index in [4.69, 9.17) is 4.74 Å². The molecule has 1 saturated heterocycles. The van der Waals surface area contributed by atoms with Gasteiger partial charge in [-0.05, 0) is 37.7 Å². The van der Waals surface area contributed by atoms with E-state index in [1.165, 1.54) is 5.56 Å². The van der Waals surface area contributed by atoms with E-state index in [-0.39, 0.29) is 12.1 Å². The number of rotatable bonds is 6. The Morgan fingerprint density at radius 2 is 2.19 bits per heavy atom. The van der Waals surface area contributed by atoms with Gasteiger partial charge in [0.05, 0.1) is 0 Å². The van der Waals surface area contributed by atoms with Gasteiger partial charge in [-0.25, -0.2) is 4.79 Å². The highest BCUT2D eigenvalue weighted by atomic mass is 16.5. The molecule has 0 saturated carbocycles. The summed E-state index contributed by atoms with van der Waals surface area (Å²) in [4.78, 5) is 14.1. The normalized spacial score (nSPS) is 19.5. The predicted octanol–water partition coefficient (Wildman–Crippen LogP) is 2.69. The smallest absolute Gasteiger partial charge is 0.317 e. The number of hydrogen-bond donors (Lipinski definition) is 1. The highest BCUT2D eigenvalue weighted by Gasteiger charge is 2.26. The number of nitrogens with one attached hydrogen (secondary N) is 1. The number of urea groups is 1. The standard InChI is InChI=1S/C17H26N2O2/c1-14(9-11-21-2)18-17(20)19-10-8-16(13-19)12-15-6-4-3-5-7-15/h3-7,14,16H,8-13H2,1-2H3,(H,18,20). The Morgan fingerprint density at radius 1 is 1.43 bits per heavy atom. The Balaban J connectivity index is 1.75. The van der Waals surface area contributed by atoms with Gasteiger partial charge in [-0.1, -0.05) is 30.3 Å². The number of benzene rings is 1. The molecule has 2 rings (SSSR count). The van der Waals surface area contributed by atoms with Crippen molar-refractivity contribution in [2.45, 2.75) is 32.2 Å². The van der Waals surface area contributed by atoms with Crippen LogP contribution in [0.15, 0.2) is 30.3 Å². The van der Waals surface area contributed by atoms with Crippen molar-refractivity contribution in [1.82, 2.24) is 10.2 Å². The third kappa shape index (κ3) is 5.05. The van der Waals surface area contributed by atoms with Crippen molar-refractivity contribution in [2.24, 2.45) is 5.92 Å². The molecule has 1 aliphatic rings. The van der Waals surface area contributed by atoms with E-state index < -0.39 is 0 Å². The molecule has 0 radical (unpaired) electrons. The van der Waals surface area contributed by atoms with Crippen LogP contribution in [0.25, 0.3) is 0 Å². The molecule has 0 aromatic heterocycles. The number of nitrogens with zero attached hydrogens (tertiary/aromatic N) is 1. The molecule has 0 aliphatic carbocycles. The summed E-state index contributed by atoms with van der Waals surface area (Å²) in [5.41, 5.74) is 1.36. The van der Waals surface area contributed by atoms with Gasteiger partial charge >= 0.3 is 6.03 Å². The lowest BCUT2D eigenvalue weighted by molar-refractivity contribution is 0.177. The van der Waals surface area contributed by atoms with E-state index in [0.717, 1.165) is 32.4 Å². The second-order valence-electron chi connectivity index (χ2n) is 5.92. The summed E-state index contributed by atoms with van der Waals surface area (Å²) < 4.78 is 5.04. The van der Waals surface area contributed by atoms with Crippen molar-refractivity contribution in [2.75, 3.05) is 26.8 Å². The largest absolute Gasteiger partial charge is 0.385 e. The number of likely N-dealkylation sites (tertiary alicyclic amines) is 1. The maximum absolute atomic E-state index is 12.2. The van der Waals surface area contributed by atoms with Gasteiger partial charge in [0.15, 0.2) is 0 Å². The van der Waals surface area contributed by atoms with Crippen LogP contribution in [0.4, 0.5) is 4.79 Å². The summed E-state index contributed by atoms with van der Waals surface area (Å²) in [6, 6.07) is 10.7. The van der Waals surface area contributed by atoms with Crippen LogP contribution in [0, 0.1) is 5.92 Å². The van der Waals surface area contributed by atoms with Crippen molar-refractivity contribution in [3.8, 4) is 0 Å². The van der Waals surface area contributed by atoms with Gasteiger partial charge < -0.3 is 15.0 Å². The SMILES string of the molecule is COCCC(C)NC(=O)N1CCC(Cc2ccccc2)C1. The van der Waals surface area contributed by atoms with E-state index in [2.05, 4.69) is 29.6 Å². The molecule has 0 spiro atoms. The highest BCUT2D eigenvalue weighted by Crippen LogP contribution is 2.20. The molecule has 2 amide bonds. The van der Waals surface area contributed by atoms with E-state index >= 15 is 0 Å². The maximum Gasteiger partial charge on any atom is 0.317 e. The van der Waals surface area contributed by atoms with Crippen molar-refractivity contribution >= 4 is 6.03 Å². The fourth-order valence-corrected chi connectivity index (χ4v) is 2.80. The summed E-state index contributed by atoms with van der Waals surface area (Å²) in [7, 11) is 1.68. The minimum Gasteiger partial charge on any atom is -0.385 e. The second kappa shape index (κ2) is 8.03. The summed E-state index contributed by atoms with van der Waals surface area (Å²) in [5.74, 6) is 0.576. The molecule has 4 heteroatoms. The topological polar surface area (TPSA) is 41.6 Å². The lowest BCUT2D eigenvalue weighted by Gasteiger charge is -2.21. The number of ether oxygens (including phenoxy) is 1. The van der Waals surface area contributed by atoms with Crippen LogP contribution in [-0.4, -0.2) is 43.8 Å². The van der Waals surface area contributed by atoms with Crippen LogP contribution >= 0.6 is 0 Å². The summed E-state index contributed by atoms with van der Waals surface area (Å²) in [6.45, 7) is 4.42. The van der Waals surface area contributed by atoms with Gasteiger partial charge in [0.1, 0.15) is 0 Å². The molecule has 1 aliphatic heterocycles. The van der Waals surface area contributed by atoms with Gasteiger partial charge in [-0.3, -0.25) is 0 Å². The zero-order valence-corrected chi connectivity index (χ0v) is 13.0. The number of methoxy groups -OCH3 is 1. The Kier molecular flexibility index (Phi) is 6.05. The van der Waals surface area contributed by atoms with Gasteiger partial charge in [-0.15, -0.1) is 0 Å². The lowest BCUT2D eigenvalue weighted by atomic mass is 9.99. The van der Waals surface area contributed by atoms with Crippen LogP contribution in [-0.2, 0) is 11.2 Å². The second-order valence-corrected chi connectivity index (χ2v) is 5.92. The molecule has 116 valence electrons. The zero-order chi connectivity index (χ0) is 15.1. The first-order chi connectivity index (χ1) is 10.2. The van der Waals surface area contributed by atoms with E-state index in [1.807, 2.05) is 17.9 Å². The summed E-state index contributed by atoms with van der Waals surface area (Å²) >= 11 is 0. The first-order valence-corrected chi connectivity index (χ1v) is 7.77. The van der Waals surface area contributed by atoms with Crippen molar-refractivity contribution in [1.29, 1.82) is 0 Å². The molecule has 2 atom stereocenters. The highest BCUT2D eigenvalue weighted by molar-refractivity contribution is 5.74. The Morgan fingerprint density at radius 3 is 2.90 bits per heavy atom. The molecule has 0 bridgehead atoms. The van der Waals surface area contributed by atoms with Crippen LogP contribution < -0.4 is 5.32 Å². The van der Waals surface area contributed by atoms with Crippen LogP contribution in [0.1, 0.15) is 25.3 Å². The molecule has 1 fully saturated rings. The number of hydrogen-bond acceptors (Lipinski definition) is 2. The van der Waals surface area contributed by atoms with Gasteiger partial charge in [0.2, 0.25) is 0 Å². The zero-order valence-electron chi connectivity index (χ0n) is 13.0. The Bertz CT molecular complexity index is 436. The summed E-state index contributed by atoms with van der Waals surface area (Å²) in [6.07, 6.45) is 3.00. The van der Waals surface area contributed by atoms with Crippen LogP contribution in [0.3, 0.4) is 0 Å². The molecule has 1 N–H and O–H groups in total. The van der Waals surface area contributed by atoms with Crippen molar-refractivity contribution < 1.29 is 9.53 Å². The number of carbonyl (C=O) groups excluding carboxylic acids is 1. The lowest BCUT2D eigenvalue weighted by Crippen LogP contribution is -2.43. The van der Waals surface area contributed by atoms with E-state index in [0.29, 0.717) is 12.5 Å². The van der Waals surface area contributed by atoms with Gasteiger partial charge in [0.25, 0.3) is 0 Å². The number of amides is 2. The average molecular weight is 290 g/mol. The molecule has 1 aromatic carbocycles. The third-order valence-electron chi connectivity index (χ3n) is 4.07. The fraction of sp³-hybridized carbons (Fsp3) is 0.588. The molecule has 2 unspecified atom stereocenters. The summed E-state index contributed by atoms with van der Waals surface area (Å²) in [5, 5.41) is 3.05. The Labute approximate surface area is 127 Å². The van der Waals surface area contributed by atoms with E-state index in [1.54, 1.807) is 7.11 Å². The molecule has 1 heterocycles. The average Bonchev–Trinajstić information content (AvgIpc) is 2.95. The van der Waals surface area contributed by atoms with Crippen molar-refractivity contribution in [3.05, 3.63) is 35.9 Å². The molecule has 4 nitrogen and oxygen atoms in total. The van der Waals surface area contributed by atoms with Crippen LogP contribution in [0.5, 0.6) is 0 Å². The third-order valence-corrected chi connectivity index (χ3v) is 4.07. The van der Waals surface area contributed by atoms with Gasteiger partial charge in [0, 0.05) is 32.8 Å². The first-order valence-electron chi connectivity index (χ1n) is 7.77. The number of carbonyl (C=O) groups is 1. The minimum atomic E-state index is 0.0640. The van der Waals surface area contributed by atoms with Crippen molar-refractivity contribution in [3.63, 3.8) is 0 Å². The first kappa shape index (κ1) is 15.8. The molecular formula is C17H26N2O2. The van der Waals surface area contributed by atoms with E-state index in [9.17, 15) is 4.79 Å².